The SMILES string of the molecule is Cc1nc2scc(C)n2c(=O)c1S(=O)(=O)N1CCN(C)CC1. The Morgan fingerprint density at radius 3 is 2.45 bits per heavy atom. The molecule has 1 fully saturated rings. The van der Waals surface area contributed by atoms with Crippen molar-refractivity contribution in [2.24, 2.45) is 0 Å². The number of sulfonamides is 1. The van der Waals surface area contributed by atoms with E-state index in [2.05, 4.69) is 9.88 Å². The molecular formula is C13H18N4O3S2. The first-order chi connectivity index (χ1) is 10.3. The van der Waals surface area contributed by atoms with Crippen LogP contribution in [0.25, 0.3) is 4.96 Å². The number of piperazine rings is 1. The molecule has 1 aliphatic rings. The Labute approximate surface area is 132 Å². The van der Waals surface area contributed by atoms with Crippen LogP contribution in [0.1, 0.15) is 11.4 Å². The Bertz CT molecular complexity index is 877. The molecule has 22 heavy (non-hydrogen) atoms. The van der Waals surface area contributed by atoms with E-state index in [1.165, 1.54) is 20.0 Å². The van der Waals surface area contributed by atoms with Crippen LogP contribution in [0.5, 0.6) is 0 Å². The van der Waals surface area contributed by atoms with Crippen LogP contribution in [0.15, 0.2) is 15.1 Å². The van der Waals surface area contributed by atoms with Gasteiger partial charge in [-0.15, -0.1) is 11.3 Å². The zero-order valence-electron chi connectivity index (χ0n) is 12.7. The number of hydrogen-bond donors (Lipinski definition) is 0. The van der Waals surface area contributed by atoms with Crippen LogP contribution in [-0.2, 0) is 10.0 Å². The predicted octanol–water partition coefficient (Wildman–Crippen LogP) is 0.309. The van der Waals surface area contributed by atoms with Crippen molar-refractivity contribution >= 4 is 26.3 Å². The summed E-state index contributed by atoms with van der Waals surface area (Å²) in [6, 6.07) is 0. The van der Waals surface area contributed by atoms with Crippen LogP contribution in [0.4, 0.5) is 0 Å². The van der Waals surface area contributed by atoms with Gasteiger partial charge in [0.15, 0.2) is 9.86 Å². The van der Waals surface area contributed by atoms with Gasteiger partial charge >= 0.3 is 0 Å². The van der Waals surface area contributed by atoms with Gasteiger partial charge in [-0.1, -0.05) is 0 Å². The van der Waals surface area contributed by atoms with Gasteiger partial charge in [-0.3, -0.25) is 9.20 Å². The summed E-state index contributed by atoms with van der Waals surface area (Å²) >= 11 is 1.33. The van der Waals surface area contributed by atoms with Gasteiger partial charge in [0.05, 0.1) is 5.69 Å². The van der Waals surface area contributed by atoms with Gasteiger partial charge in [-0.05, 0) is 20.9 Å². The minimum absolute atomic E-state index is 0.198. The van der Waals surface area contributed by atoms with E-state index in [-0.39, 0.29) is 10.6 Å². The lowest BCUT2D eigenvalue weighted by molar-refractivity contribution is 0.222. The number of nitrogens with zero attached hydrogens (tertiary/aromatic N) is 4. The summed E-state index contributed by atoms with van der Waals surface area (Å²) < 4.78 is 28.5. The van der Waals surface area contributed by atoms with Crippen molar-refractivity contribution in [1.82, 2.24) is 18.6 Å². The fourth-order valence-electron chi connectivity index (χ4n) is 2.62. The molecule has 0 atom stereocenters. The number of hydrogen-bond acceptors (Lipinski definition) is 6. The molecule has 0 N–H and O–H groups in total. The van der Waals surface area contributed by atoms with Crippen molar-refractivity contribution in [2.75, 3.05) is 33.2 Å². The summed E-state index contributed by atoms with van der Waals surface area (Å²) in [7, 11) is -1.87. The first-order valence-electron chi connectivity index (χ1n) is 6.98. The molecule has 3 rings (SSSR count). The first kappa shape index (κ1) is 15.6. The van der Waals surface area contributed by atoms with Crippen molar-refractivity contribution in [3.05, 3.63) is 27.1 Å². The van der Waals surface area contributed by atoms with Crippen molar-refractivity contribution in [2.45, 2.75) is 18.7 Å². The fraction of sp³-hybridized carbons (Fsp3) is 0.538. The summed E-state index contributed by atoms with van der Waals surface area (Å²) in [5.74, 6) is 0. The molecule has 9 heteroatoms. The van der Waals surface area contributed by atoms with Crippen LogP contribution >= 0.6 is 11.3 Å². The molecule has 0 unspecified atom stereocenters. The predicted molar refractivity (Wildman–Crippen MR) is 85.1 cm³/mol. The third-order valence-electron chi connectivity index (χ3n) is 3.93. The molecule has 0 bridgehead atoms. The maximum Gasteiger partial charge on any atom is 0.279 e. The van der Waals surface area contributed by atoms with E-state index in [1.807, 2.05) is 7.05 Å². The Balaban J connectivity index is 2.17. The summed E-state index contributed by atoms with van der Waals surface area (Å²) in [6.07, 6.45) is 0. The van der Waals surface area contributed by atoms with Gasteiger partial charge in [0.2, 0.25) is 0 Å². The van der Waals surface area contributed by atoms with Crippen molar-refractivity contribution in [3.8, 4) is 0 Å². The number of likely N-dealkylation sites (N-methyl/N-ethyl adjacent to an activating group) is 1. The average molecular weight is 342 g/mol. The molecule has 120 valence electrons. The average Bonchev–Trinajstić information content (AvgIpc) is 2.80. The van der Waals surface area contributed by atoms with E-state index in [4.69, 9.17) is 0 Å². The molecule has 1 saturated heterocycles. The molecule has 0 spiro atoms. The number of fused-ring (bicyclic) bond motifs is 1. The number of aryl methyl sites for hydroxylation is 2. The van der Waals surface area contributed by atoms with Crippen molar-refractivity contribution < 1.29 is 8.42 Å². The molecule has 0 radical (unpaired) electrons. The lowest BCUT2D eigenvalue weighted by Crippen LogP contribution is -2.48. The highest BCUT2D eigenvalue weighted by atomic mass is 32.2. The first-order valence-corrected chi connectivity index (χ1v) is 9.30. The Morgan fingerprint density at radius 2 is 1.82 bits per heavy atom. The monoisotopic (exact) mass is 342 g/mol. The smallest absolute Gasteiger partial charge is 0.279 e. The van der Waals surface area contributed by atoms with Crippen LogP contribution in [0.2, 0.25) is 0 Å². The molecule has 2 aromatic heterocycles. The molecule has 0 aromatic carbocycles. The van der Waals surface area contributed by atoms with E-state index in [1.54, 1.807) is 19.2 Å². The Hall–Kier alpha value is -1.29. The molecule has 1 aliphatic heterocycles. The fourth-order valence-corrected chi connectivity index (χ4v) is 5.16. The van der Waals surface area contributed by atoms with E-state index >= 15 is 0 Å². The minimum atomic E-state index is -3.82. The quantitative estimate of drug-likeness (QED) is 0.785. The second-order valence-electron chi connectivity index (χ2n) is 5.53. The van der Waals surface area contributed by atoms with Gasteiger partial charge in [0.1, 0.15) is 0 Å². The minimum Gasteiger partial charge on any atom is -0.304 e. The molecule has 2 aromatic rings. The van der Waals surface area contributed by atoms with Crippen molar-refractivity contribution in [3.63, 3.8) is 0 Å². The number of thiazole rings is 1. The van der Waals surface area contributed by atoms with Crippen molar-refractivity contribution in [1.29, 1.82) is 0 Å². The number of aromatic nitrogens is 2. The van der Waals surface area contributed by atoms with Crippen LogP contribution < -0.4 is 5.56 Å². The highest BCUT2D eigenvalue weighted by Crippen LogP contribution is 2.20. The van der Waals surface area contributed by atoms with Crippen LogP contribution in [0.3, 0.4) is 0 Å². The maximum absolute atomic E-state index is 12.9. The second kappa shape index (κ2) is 5.41. The zero-order chi connectivity index (χ0) is 16.1. The lowest BCUT2D eigenvalue weighted by Gasteiger charge is -2.31. The largest absolute Gasteiger partial charge is 0.304 e. The highest BCUT2D eigenvalue weighted by molar-refractivity contribution is 7.89. The molecule has 3 heterocycles. The van der Waals surface area contributed by atoms with E-state index in [0.29, 0.717) is 36.8 Å². The Morgan fingerprint density at radius 1 is 1.18 bits per heavy atom. The van der Waals surface area contributed by atoms with E-state index in [9.17, 15) is 13.2 Å². The molecule has 0 amide bonds. The van der Waals surface area contributed by atoms with Crippen LogP contribution in [0, 0.1) is 13.8 Å². The Kier molecular flexibility index (Phi) is 3.84. The van der Waals surface area contributed by atoms with Crippen LogP contribution in [-0.4, -0.2) is 60.2 Å². The van der Waals surface area contributed by atoms with Gasteiger partial charge in [-0.2, -0.15) is 4.31 Å². The lowest BCUT2D eigenvalue weighted by atomic mass is 10.4. The summed E-state index contributed by atoms with van der Waals surface area (Å²) in [6.45, 7) is 5.46. The summed E-state index contributed by atoms with van der Waals surface area (Å²) in [5.41, 5.74) is 0.471. The maximum atomic E-state index is 12.9. The molecular weight excluding hydrogens is 324 g/mol. The summed E-state index contributed by atoms with van der Waals surface area (Å²) in [4.78, 5) is 19.4. The normalized spacial score (nSPS) is 18.1. The van der Waals surface area contributed by atoms with E-state index < -0.39 is 15.6 Å². The molecule has 0 aliphatic carbocycles. The third kappa shape index (κ3) is 2.37. The van der Waals surface area contributed by atoms with Gasteiger partial charge < -0.3 is 4.90 Å². The highest BCUT2D eigenvalue weighted by Gasteiger charge is 2.32. The second-order valence-corrected chi connectivity index (χ2v) is 8.25. The zero-order valence-corrected chi connectivity index (χ0v) is 14.4. The van der Waals surface area contributed by atoms with E-state index in [0.717, 1.165) is 0 Å². The molecule has 7 nitrogen and oxygen atoms in total. The van der Waals surface area contributed by atoms with Gasteiger partial charge in [0, 0.05) is 37.3 Å². The standard InChI is InChI=1S/C13H18N4O3S2/c1-9-8-21-13-14-10(2)11(12(18)17(9)13)22(19,20)16-6-4-15(3)5-7-16/h8H,4-7H2,1-3H3. The molecule has 0 saturated carbocycles. The van der Waals surface area contributed by atoms with Gasteiger partial charge in [-0.25, -0.2) is 13.4 Å². The summed E-state index contributed by atoms with van der Waals surface area (Å²) in [5, 5.41) is 1.80. The number of rotatable bonds is 2. The third-order valence-corrected chi connectivity index (χ3v) is 6.90. The van der Waals surface area contributed by atoms with Gasteiger partial charge in [0.25, 0.3) is 15.6 Å². The topological polar surface area (TPSA) is 75.0 Å².